The molecular weight excluding hydrogens is 218 g/mol. The molecule has 1 N–H and O–H groups in total. The van der Waals surface area contributed by atoms with Crippen LogP contribution in [0.5, 0.6) is 0 Å². The summed E-state index contributed by atoms with van der Waals surface area (Å²) in [6.07, 6.45) is 5.43. The molecule has 86 valence electrons. The summed E-state index contributed by atoms with van der Waals surface area (Å²) in [5.41, 5.74) is 3.58. The van der Waals surface area contributed by atoms with Crippen molar-refractivity contribution >= 4 is 11.6 Å². The van der Waals surface area contributed by atoms with E-state index < -0.39 is 0 Å². The summed E-state index contributed by atoms with van der Waals surface area (Å²) in [4.78, 5) is 0. The first kappa shape index (κ1) is 10.6. The highest BCUT2D eigenvalue weighted by molar-refractivity contribution is 6.30. The molecule has 0 saturated heterocycles. The largest absolute Gasteiger partial charge is 0.319 e. The molecule has 1 unspecified atom stereocenters. The number of hydrogen-bond acceptors (Lipinski definition) is 1. The molecule has 3 rings (SSSR count). The fourth-order valence-electron chi connectivity index (χ4n) is 3.54. The van der Waals surface area contributed by atoms with Crippen molar-refractivity contribution in [2.24, 2.45) is 0 Å². The molecule has 2 aliphatic carbocycles. The van der Waals surface area contributed by atoms with E-state index in [-0.39, 0.29) is 0 Å². The van der Waals surface area contributed by atoms with Crippen LogP contribution in [0.1, 0.15) is 42.7 Å². The summed E-state index contributed by atoms with van der Waals surface area (Å²) in [5.74, 6) is 0.692. The molecule has 2 aliphatic rings. The Balaban J connectivity index is 2.03. The van der Waals surface area contributed by atoms with Crippen LogP contribution in [-0.4, -0.2) is 13.6 Å². The van der Waals surface area contributed by atoms with Crippen molar-refractivity contribution in [3.8, 4) is 0 Å². The first-order chi connectivity index (χ1) is 7.75. The van der Waals surface area contributed by atoms with Crippen LogP contribution in [0.4, 0.5) is 0 Å². The van der Waals surface area contributed by atoms with Gasteiger partial charge in [-0.1, -0.05) is 24.1 Å². The van der Waals surface area contributed by atoms with Crippen molar-refractivity contribution in [2.75, 3.05) is 13.6 Å². The van der Waals surface area contributed by atoms with Gasteiger partial charge in [-0.05, 0) is 60.9 Å². The molecule has 0 aliphatic heterocycles. The summed E-state index contributed by atoms with van der Waals surface area (Å²) in [7, 11) is 2.04. The third-order valence-corrected chi connectivity index (χ3v) is 4.66. The van der Waals surface area contributed by atoms with Crippen molar-refractivity contribution in [2.45, 2.75) is 37.0 Å². The van der Waals surface area contributed by atoms with E-state index in [0.29, 0.717) is 11.3 Å². The number of hydrogen-bond donors (Lipinski definition) is 1. The topological polar surface area (TPSA) is 12.0 Å². The monoisotopic (exact) mass is 235 g/mol. The van der Waals surface area contributed by atoms with Gasteiger partial charge in [-0.2, -0.15) is 0 Å². The van der Waals surface area contributed by atoms with Crippen molar-refractivity contribution in [1.29, 1.82) is 0 Å². The zero-order valence-corrected chi connectivity index (χ0v) is 10.5. The molecular formula is C14H18ClN. The third-order valence-electron chi connectivity index (χ3n) is 4.42. The Morgan fingerprint density at radius 2 is 2.25 bits per heavy atom. The first-order valence-electron chi connectivity index (χ1n) is 6.20. The minimum atomic E-state index is 0.488. The summed E-state index contributed by atoms with van der Waals surface area (Å²) < 4.78 is 0. The Morgan fingerprint density at radius 3 is 2.88 bits per heavy atom. The van der Waals surface area contributed by atoms with Crippen LogP contribution in [0.25, 0.3) is 0 Å². The van der Waals surface area contributed by atoms with Crippen molar-refractivity contribution in [1.82, 2.24) is 5.32 Å². The summed E-state index contributed by atoms with van der Waals surface area (Å²) in [6.45, 7) is 1.09. The Labute approximate surface area is 102 Å². The van der Waals surface area contributed by atoms with Crippen LogP contribution in [0.2, 0.25) is 5.02 Å². The Morgan fingerprint density at radius 1 is 1.44 bits per heavy atom. The van der Waals surface area contributed by atoms with Gasteiger partial charge in [0.15, 0.2) is 0 Å². The van der Waals surface area contributed by atoms with Crippen LogP contribution in [0.15, 0.2) is 18.2 Å². The van der Waals surface area contributed by atoms with E-state index in [0.717, 1.165) is 11.6 Å². The SMILES string of the molecule is CNCC1CC2(CCC2)c2cc(Cl)ccc21. The minimum absolute atomic E-state index is 0.488. The lowest BCUT2D eigenvalue weighted by atomic mass is 9.65. The highest BCUT2D eigenvalue weighted by Gasteiger charge is 2.47. The second-order valence-electron chi connectivity index (χ2n) is 5.32. The molecule has 0 aromatic heterocycles. The van der Waals surface area contributed by atoms with E-state index in [1.165, 1.54) is 25.7 Å². The maximum absolute atomic E-state index is 6.14. The number of likely N-dealkylation sites (N-methyl/N-ethyl adjacent to an activating group) is 1. The van der Waals surface area contributed by atoms with E-state index in [1.807, 2.05) is 13.1 Å². The van der Waals surface area contributed by atoms with Gasteiger partial charge >= 0.3 is 0 Å². The lowest BCUT2D eigenvalue weighted by molar-refractivity contribution is 0.232. The second-order valence-corrected chi connectivity index (χ2v) is 5.76. The number of fused-ring (bicyclic) bond motifs is 2. The maximum Gasteiger partial charge on any atom is 0.0409 e. The zero-order chi connectivity index (χ0) is 11.2. The lowest BCUT2D eigenvalue weighted by Crippen LogP contribution is -2.32. The van der Waals surface area contributed by atoms with Crippen LogP contribution in [-0.2, 0) is 5.41 Å². The quantitative estimate of drug-likeness (QED) is 0.828. The predicted octanol–water partition coefficient (Wildman–Crippen LogP) is 3.47. The number of halogens is 1. The average Bonchev–Trinajstić information content (AvgIpc) is 2.53. The van der Waals surface area contributed by atoms with Crippen LogP contribution >= 0.6 is 11.6 Å². The number of rotatable bonds is 2. The lowest BCUT2D eigenvalue weighted by Gasteiger charge is -2.40. The maximum atomic E-state index is 6.14. The van der Waals surface area contributed by atoms with Gasteiger partial charge in [0.25, 0.3) is 0 Å². The standard InChI is InChI=1S/C14H18ClN/c1-16-9-10-8-14(5-2-6-14)13-7-11(15)3-4-12(10)13/h3-4,7,10,16H,2,5-6,8-9H2,1H3. The van der Waals surface area contributed by atoms with Gasteiger partial charge in [0.05, 0.1) is 0 Å². The van der Waals surface area contributed by atoms with Crippen LogP contribution in [0.3, 0.4) is 0 Å². The molecule has 1 saturated carbocycles. The zero-order valence-electron chi connectivity index (χ0n) is 9.72. The fraction of sp³-hybridized carbons (Fsp3) is 0.571. The third kappa shape index (κ3) is 1.42. The molecule has 0 radical (unpaired) electrons. The van der Waals surface area contributed by atoms with E-state index in [1.54, 1.807) is 11.1 Å². The highest BCUT2D eigenvalue weighted by atomic mass is 35.5. The normalized spacial score (nSPS) is 25.5. The van der Waals surface area contributed by atoms with Gasteiger partial charge in [0, 0.05) is 11.6 Å². The van der Waals surface area contributed by atoms with E-state index >= 15 is 0 Å². The van der Waals surface area contributed by atoms with E-state index in [9.17, 15) is 0 Å². The molecule has 0 bridgehead atoms. The van der Waals surface area contributed by atoms with Gasteiger partial charge in [0.1, 0.15) is 0 Å². The Hall–Kier alpha value is -0.530. The highest BCUT2D eigenvalue weighted by Crippen LogP contribution is 2.56. The molecule has 1 aromatic rings. The average molecular weight is 236 g/mol. The molecule has 1 atom stereocenters. The summed E-state index contributed by atoms with van der Waals surface area (Å²) in [6, 6.07) is 6.50. The van der Waals surface area contributed by atoms with Gasteiger partial charge in [-0.25, -0.2) is 0 Å². The molecule has 1 spiro atoms. The predicted molar refractivity (Wildman–Crippen MR) is 68.3 cm³/mol. The molecule has 0 heterocycles. The van der Waals surface area contributed by atoms with Gasteiger partial charge in [-0.15, -0.1) is 0 Å². The summed E-state index contributed by atoms with van der Waals surface area (Å²) >= 11 is 6.14. The smallest absolute Gasteiger partial charge is 0.0409 e. The molecule has 1 aromatic carbocycles. The summed E-state index contributed by atoms with van der Waals surface area (Å²) in [5, 5.41) is 4.22. The van der Waals surface area contributed by atoms with Crippen molar-refractivity contribution < 1.29 is 0 Å². The van der Waals surface area contributed by atoms with Gasteiger partial charge < -0.3 is 5.32 Å². The number of benzene rings is 1. The molecule has 1 nitrogen and oxygen atoms in total. The van der Waals surface area contributed by atoms with E-state index in [2.05, 4.69) is 17.4 Å². The minimum Gasteiger partial charge on any atom is -0.319 e. The number of nitrogens with one attached hydrogen (secondary N) is 1. The van der Waals surface area contributed by atoms with Gasteiger partial charge in [0.2, 0.25) is 0 Å². The molecule has 0 amide bonds. The molecule has 2 heteroatoms. The van der Waals surface area contributed by atoms with Gasteiger partial charge in [-0.3, -0.25) is 0 Å². The fourth-order valence-corrected chi connectivity index (χ4v) is 3.71. The van der Waals surface area contributed by atoms with Crippen LogP contribution in [0, 0.1) is 0 Å². The van der Waals surface area contributed by atoms with Crippen molar-refractivity contribution in [3.05, 3.63) is 34.3 Å². The molecule has 16 heavy (non-hydrogen) atoms. The van der Waals surface area contributed by atoms with Crippen LogP contribution < -0.4 is 5.32 Å². The van der Waals surface area contributed by atoms with Crippen molar-refractivity contribution in [3.63, 3.8) is 0 Å². The first-order valence-corrected chi connectivity index (χ1v) is 6.57. The van der Waals surface area contributed by atoms with E-state index in [4.69, 9.17) is 11.6 Å². The Bertz CT molecular complexity index is 409. The second kappa shape index (κ2) is 3.75. The Kier molecular flexibility index (Phi) is 2.49. The molecule has 1 fully saturated rings.